The number of amides is 1. The van der Waals surface area contributed by atoms with Crippen LogP contribution in [-0.2, 0) is 30.2 Å². The molecule has 166 valence electrons. The Hall–Kier alpha value is -2.54. The number of hydrogen-bond acceptors (Lipinski definition) is 3. The van der Waals surface area contributed by atoms with Gasteiger partial charge < -0.3 is 15.5 Å². The quantitative estimate of drug-likeness (QED) is 0.454. The van der Waals surface area contributed by atoms with Crippen molar-refractivity contribution in [3.05, 3.63) is 70.5 Å². The Morgan fingerprint density at radius 1 is 1.13 bits per heavy atom. The summed E-state index contributed by atoms with van der Waals surface area (Å²) in [5, 5.41) is 6.62. The Morgan fingerprint density at radius 3 is 2.58 bits per heavy atom. The molecule has 0 radical (unpaired) electrons. The number of likely N-dealkylation sites (tertiary alicyclic amines) is 1. The summed E-state index contributed by atoms with van der Waals surface area (Å²) in [5.41, 5.74) is 4.33. The zero-order valence-electron chi connectivity index (χ0n) is 18.3. The molecule has 3 rings (SSSR count). The van der Waals surface area contributed by atoms with Crippen molar-refractivity contribution < 1.29 is 9.18 Å². The van der Waals surface area contributed by atoms with Crippen LogP contribution < -0.4 is 10.6 Å². The first kappa shape index (κ1) is 23.1. The van der Waals surface area contributed by atoms with Gasteiger partial charge in [-0.25, -0.2) is 9.38 Å². The van der Waals surface area contributed by atoms with E-state index in [-0.39, 0.29) is 11.7 Å². The number of rotatable bonds is 9. The van der Waals surface area contributed by atoms with Crippen LogP contribution in [0.3, 0.4) is 0 Å². The van der Waals surface area contributed by atoms with Crippen molar-refractivity contribution in [3.63, 3.8) is 0 Å². The Labute approximate surface area is 188 Å². The van der Waals surface area contributed by atoms with Crippen LogP contribution in [0.2, 0.25) is 0 Å². The van der Waals surface area contributed by atoms with Crippen molar-refractivity contribution in [1.82, 2.24) is 15.5 Å². The fourth-order valence-corrected chi connectivity index (χ4v) is 4.17. The molecule has 0 aliphatic carbocycles. The van der Waals surface area contributed by atoms with Gasteiger partial charge in [-0.05, 0) is 54.0 Å². The molecule has 1 aliphatic heterocycles. The summed E-state index contributed by atoms with van der Waals surface area (Å²) in [7, 11) is 0. The molecule has 0 unspecified atom stereocenters. The number of thioether (sulfide) groups is 1. The number of hydrogen-bond donors (Lipinski definition) is 2. The molecule has 0 atom stereocenters. The predicted octanol–water partition coefficient (Wildman–Crippen LogP) is 4.07. The summed E-state index contributed by atoms with van der Waals surface area (Å²) in [4.78, 5) is 18.4. The molecule has 1 heterocycles. The molecule has 0 saturated carbocycles. The molecule has 5 nitrogen and oxygen atoms in total. The Balaban J connectivity index is 1.58. The van der Waals surface area contributed by atoms with Crippen LogP contribution in [0.25, 0.3) is 0 Å². The minimum absolute atomic E-state index is 0.203. The number of nitrogens with one attached hydrogen (secondary N) is 2. The van der Waals surface area contributed by atoms with Gasteiger partial charge in [0.25, 0.3) is 0 Å². The average Bonchev–Trinajstić information content (AvgIpc) is 3.17. The largest absolute Gasteiger partial charge is 0.357 e. The molecule has 1 aliphatic rings. The van der Waals surface area contributed by atoms with Gasteiger partial charge in [-0.1, -0.05) is 30.3 Å². The van der Waals surface area contributed by atoms with E-state index in [1.807, 2.05) is 24.1 Å². The third-order valence-electron chi connectivity index (χ3n) is 5.25. The number of benzene rings is 2. The van der Waals surface area contributed by atoms with E-state index >= 15 is 0 Å². The fourth-order valence-electron chi connectivity index (χ4n) is 3.59. The van der Waals surface area contributed by atoms with Gasteiger partial charge in [0.1, 0.15) is 5.82 Å². The van der Waals surface area contributed by atoms with E-state index in [0.717, 1.165) is 53.5 Å². The molecule has 7 heteroatoms. The first-order valence-corrected chi connectivity index (χ1v) is 12.1. The van der Waals surface area contributed by atoms with Gasteiger partial charge in [-0.15, -0.1) is 0 Å². The van der Waals surface area contributed by atoms with Gasteiger partial charge in [0, 0.05) is 38.4 Å². The van der Waals surface area contributed by atoms with E-state index in [9.17, 15) is 9.18 Å². The molecular weight excluding hydrogens is 411 g/mol. The van der Waals surface area contributed by atoms with Crippen LogP contribution >= 0.6 is 11.8 Å². The van der Waals surface area contributed by atoms with Gasteiger partial charge in [0.2, 0.25) is 5.91 Å². The first-order chi connectivity index (χ1) is 15.1. The van der Waals surface area contributed by atoms with Crippen molar-refractivity contribution in [1.29, 1.82) is 0 Å². The van der Waals surface area contributed by atoms with Crippen LogP contribution in [0.15, 0.2) is 47.5 Å². The SMILES string of the molecule is CCNC(=NCc1ccc(CN2CCCC2=O)cc1)NCc1ccc(F)cc1CSC. The van der Waals surface area contributed by atoms with Crippen molar-refractivity contribution in [3.8, 4) is 0 Å². The number of guanidine groups is 1. The minimum Gasteiger partial charge on any atom is -0.357 e. The van der Waals surface area contributed by atoms with Crippen LogP contribution in [-0.4, -0.2) is 36.1 Å². The Morgan fingerprint density at radius 2 is 1.90 bits per heavy atom. The van der Waals surface area contributed by atoms with E-state index in [4.69, 9.17) is 0 Å². The number of halogens is 1. The summed E-state index contributed by atoms with van der Waals surface area (Å²) >= 11 is 1.68. The monoisotopic (exact) mass is 442 g/mol. The minimum atomic E-state index is -0.203. The lowest BCUT2D eigenvalue weighted by Crippen LogP contribution is -2.37. The highest BCUT2D eigenvalue weighted by atomic mass is 32.2. The highest BCUT2D eigenvalue weighted by Gasteiger charge is 2.19. The molecule has 1 amide bonds. The molecule has 1 fully saturated rings. The Bertz CT molecular complexity index is 901. The lowest BCUT2D eigenvalue weighted by Gasteiger charge is -2.16. The van der Waals surface area contributed by atoms with E-state index in [2.05, 4.69) is 39.9 Å². The topological polar surface area (TPSA) is 56.7 Å². The number of nitrogens with zero attached hydrogens (tertiary/aromatic N) is 2. The second kappa shape index (κ2) is 11.7. The van der Waals surface area contributed by atoms with E-state index < -0.39 is 0 Å². The van der Waals surface area contributed by atoms with Crippen LogP contribution in [0.4, 0.5) is 4.39 Å². The second-order valence-electron chi connectivity index (χ2n) is 7.63. The van der Waals surface area contributed by atoms with Crippen molar-refractivity contribution in [2.45, 2.75) is 45.2 Å². The summed E-state index contributed by atoms with van der Waals surface area (Å²) in [6, 6.07) is 13.2. The number of carbonyl (C=O) groups is 1. The van der Waals surface area contributed by atoms with Gasteiger partial charge in [-0.3, -0.25) is 4.79 Å². The second-order valence-corrected chi connectivity index (χ2v) is 8.50. The maximum atomic E-state index is 13.6. The smallest absolute Gasteiger partial charge is 0.222 e. The summed E-state index contributed by atoms with van der Waals surface area (Å²) < 4.78 is 13.6. The normalized spacial score (nSPS) is 14.2. The van der Waals surface area contributed by atoms with Gasteiger partial charge in [-0.2, -0.15) is 11.8 Å². The molecule has 2 aromatic carbocycles. The van der Waals surface area contributed by atoms with Crippen molar-refractivity contribution >= 4 is 23.6 Å². The van der Waals surface area contributed by atoms with Crippen LogP contribution in [0, 0.1) is 5.82 Å². The summed E-state index contributed by atoms with van der Waals surface area (Å²) in [6.45, 7) is 5.47. The predicted molar refractivity (Wildman–Crippen MR) is 126 cm³/mol. The average molecular weight is 443 g/mol. The molecule has 0 bridgehead atoms. The molecule has 31 heavy (non-hydrogen) atoms. The zero-order chi connectivity index (χ0) is 22.1. The lowest BCUT2D eigenvalue weighted by atomic mass is 10.1. The standard InChI is InChI=1S/C24H31FN4OS/c1-3-26-24(28-15-20-10-11-22(25)13-21(20)17-31-2)27-14-18-6-8-19(9-7-18)16-29-12-4-5-23(29)30/h6-11,13H,3-5,12,14-17H2,1-2H3,(H2,26,27,28). The summed E-state index contributed by atoms with van der Waals surface area (Å²) in [5.74, 6) is 1.55. The van der Waals surface area contributed by atoms with E-state index in [1.54, 1.807) is 17.8 Å². The summed E-state index contributed by atoms with van der Waals surface area (Å²) in [6.07, 6.45) is 3.65. The maximum absolute atomic E-state index is 13.6. The van der Waals surface area contributed by atoms with Gasteiger partial charge in [0.15, 0.2) is 5.96 Å². The third-order valence-corrected chi connectivity index (χ3v) is 5.85. The zero-order valence-corrected chi connectivity index (χ0v) is 19.1. The number of carbonyl (C=O) groups excluding carboxylic acids is 1. The highest BCUT2D eigenvalue weighted by Crippen LogP contribution is 2.17. The molecular formula is C24H31FN4OS. The fraction of sp³-hybridized carbons (Fsp3) is 0.417. The van der Waals surface area contributed by atoms with Gasteiger partial charge >= 0.3 is 0 Å². The Kier molecular flexibility index (Phi) is 8.76. The highest BCUT2D eigenvalue weighted by molar-refractivity contribution is 7.97. The van der Waals surface area contributed by atoms with Crippen molar-refractivity contribution in [2.24, 2.45) is 4.99 Å². The first-order valence-electron chi connectivity index (χ1n) is 10.7. The molecule has 0 spiro atoms. The van der Waals surface area contributed by atoms with Gasteiger partial charge in [0.05, 0.1) is 6.54 Å². The van der Waals surface area contributed by atoms with E-state index in [1.165, 1.54) is 6.07 Å². The van der Waals surface area contributed by atoms with Crippen molar-refractivity contribution in [2.75, 3.05) is 19.3 Å². The van der Waals surface area contributed by atoms with Crippen LogP contribution in [0.5, 0.6) is 0 Å². The molecule has 0 aromatic heterocycles. The molecule has 2 aromatic rings. The van der Waals surface area contributed by atoms with Crippen LogP contribution in [0.1, 0.15) is 42.0 Å². The van der Waals surface area contributed by atoms with E-state index in [0.29, 0.717) is 26.1 Å². The lowest BCUT2D eigenvalue weighted by molar-refractivity contribution is -0.128. The maximum Gasteiger partial charge on any atom is 0.222 e. The molecule has 1 saturated heterocycles. The molecule has 2 N–H and O–H groups in total. The number of aliphatic imine (C=N–C) groups is 1. The third kappa shape index (κ3) is 6.99.